The van der Waals surface area contributed by atoms with E-state index >= 15 is 0 Å². The molecular formula is C15H20N2O3. The van der Waals surface area contributed by atoms with Crippen molar-refractivity contribution in [1.82, 2.24) is 4.90 Å². The number of amides is 2. The number of nitrogens with one attached hydrogen (secondary N) is 1. The van der Waals surface area contributed by atoms with Gasteiger partial charge in [0.05, 0.1) is 0 Å². The molecule has 0 heterocycles. The summed E-state index contributed by atoms with van der Waals surface area (Å²) in [6, 6.07) is 6.98. The van der Waals surface area contributed by atoms with Crippen molar-refractivity contribution in [1.29, 1.82) is 0 Å². The molecule has 0 atom stereocenters. The van der Waals surface area contributed by atoms with Gasteiger partial charge in [-0.25, -0.2) is 9.59 Å². The number of hydrogen-bond acceptors (Lipinski definition) is 2. The van der Waals surface area contributed by atoms with Crippen LogP contribution in [0.2, 0.25) is 0 Å². The van der Waals surface area contributed by atoms with Crippen LogP contribution in [0.3, 0.4) is 0 Å². The molecule has 0 radical (unpaired) electrons. The maximum atomic E-state index is 12.0. The molecule has 1 aromatic carbocycles. The number of rotatable bonds is 5. The van der Waals surface area contributed by atoms with Crippen molar-refractivity contribution in [3.05, 3.63) is 35.9 Å². The molecule has 2 N–H and O–H groups in total. The van der Waals surface area contributed by atoms with Gasteiger partial charge >= 0.3 is 12.0 Å². The molecule has 0 spiro atoms. The van der Waals surface area contributed by atoms with Crippen molar-refractivity contribution in [3.8, 4) is 0 Å². The maximum absolute atomic E-state index is 12.0. The zero-order valence-electron chi connectivity index (χ0n) is 12.0. The summed E-state index contributed by atoms with van der Waals surface area (Å²) in [7, 11) is 0. The van der Waals surface area contributed by atoms with Crippen LogP contribution >= 0.6 is 0 Å². The van der Waals surface area contributed by atoms with Crippen LogP contribution in [0.5, 0.6) is 0 Å². The Morgan fingerprint density at radius 1 is 1.30 bits per heavy atom. The van der Waals surface area contributed by atoms with Gasteiger partial charge in [0.15, 0.2) is 0 Å². The number of hydrogen-bond donors (Lipinski definition) is 2. The number of nitrogens with zero attached hydrogens (tertiary/aromatic N) is 1. The van der Waals surface area contributed by atoms with Gasteiger partial charge in [0.2, 0.25) is 0 Å². The lowest BCUT2D eigenvalue weighted by molar-refractivity contribution is -0.131. The molecule has 1 rings (SSSR count). The van der Waals surface area contributed by atoms with E-state index in [9.17, 15) is 9.59 Å². The summed E-state index contributed by atoms with van der Waals surface area (Å²) in [6.45, 7) is 6.49. The van der Waals surface area contributed by atoms with Crippen molar-refractivity contribution in [3.63, 3.8) is 0 Å². The van der Waals surface area contributed by atoms with Crippen molar-refractivity contribution in [2.24, 2.45) is 0 Å². The Bertz CT molecular complexity index is 492. The second kappa shape index (κ2) is 7.33. The molecule has 108 valence electrons. The van der Waals surface area contributed by atoms with Crippen LogP contribution in [-0.4, -0.2) is 34.6 Å². The molecule has 0 aliphatic carbocycles. The third kappa shape index (κ3) is 4.76. The normalized spacial score (nSPS) is 10.8. The maximum Gasteiger partial charge on any atom is 0.328 e. The number of anilines is 1. The summed E-state index contributed by atoms with van der Waals surface area (Å²) in [6.07, 6.45) is 2.57. The molecule has 0 aliphatic rings. The fraction of sp³-hybridized carbons (Fsp3) is 0.333. The standard InChI is InChI=1S/C15H20N2O3/c1-4-17(11(2)3)15(20)16-13-8-5-12(6-9-13)7-10-14(18)19/h5-11H,4H2,1-3H3,(H,16,20)(H,18,19). The minimum Gasteiger partial charge on any atom is -0.478 e. The van der Waals surface area contributed by atoms with Crippen molar-refractivity contribution >= 4 is 23.8 Å². The number of aliphatic carboxylic acids is 1. The van der Waals surface area contributed by atoms with E-state index in [-0.39, 0.29) is 12.1 Å². The highest BCUT2D eigenvalue weighted by Crippen LogP contribution is 2.12. The van der Waals surface area contributed by atoms with E-state index in [2.05, 4.69) is 5.32 Å². The third-order valence-corrected chi connectivity index (χ3v) is 2.81. The number of carbonyl (C=O) groups is 2. The first kappa shape index (κ1) is 15.8. The lowest BCUT2D eigenvalue weighted by Crippen LogP contribution is -2.39. The highest BCUT2D eigenvalue weighted by atomic mass is 16.4. The van der Waals surface area contributed by atoms with E-state index in [4.69, 9.17) is 5.11 Å². The van der Waals surface area contributed by atoms with Crippen molar-refractivity contribution < 1.29 is 14.7 Å². The summed E-state index contributed by atoms with van der Waals surface area (Å²) in [5.41, 5.74) is 1.45. The van der Waals surface area contributed by atoms with Gasteiger partial charge in [-0.2, -0.15) is 0 Å². The molecule has 0 fully saturated rings. The average Bonchev–Trinajstić information content (AvgIpc) is 2.38. The Kier molecular flexibility index (Phi) is 5.77. The van der Waals surface area contributed by atoms with E-state index in [1.807, 2.05) is 20.8 Å². The zero-order valence-corrected chi connectivity index (χ0v) is 12.0. The second-order valence-electron chi connectivity index (χ2n) is 4.60. The van der Waals surface area contributed by atoms with Gasteiger partial charge in [-0.05, 0) is 44.5 Å². The van der Waals surface area contributed by atoms with Crippen molar-refractivity contribution in [2.45, 2.75) is 26.8 Å². The summed E-state index contributed by atoms with van der Waals surface area (Å²) < 4.78 is 0. The van der Waals surface area contributed by atoms with Crippen LogP contribution < -0.4 is 5.32 Å². The molecule has 2 amide bonds. The molecular weight excluding hydrogens is 256 g/mol. The Morgan fingerprint density at radius 3 is 2.35 bits per heavy atom. The van der Waals surface area contributed by atoms with Crippen LogP contribution in [0, 0.1) is 0 Å². The van der Waals surface area contributed by atoms with Gasteiger partial charge in [0.25, 0.3) is 0 Å². The average molecular weight is 276 g/mol. The monoisotopic (exact) mass is 276 g/mol. The van der Waals surface area contributed by atoms with E-state index in [1.54, 1.807) is 29.2 Å². The Morgan fingerprint density at radius 2 is 1.90 bits per heavy atom. The van der Waals surface area contributed by atoms with Gasteiger partial charge in [-0.15, -0.1) is 0 Å². The quantitative estimate of drug-likeness (QED) is 0.812. The predicted octanol–water partition coefficient (Wildman–Crippen LogP) is 3.05. The molecule has 20 heavy (non-hydrogen) atoms. The lowest BCUT2D eigenvalue weighted by atomic mass is 10.2. The number of benzene rings is 1. The summed E-state index contributed by atoms with van der Waals surface area (Å²) in [5, 5.41) is 11.4. The molecule has 5 heteroatoms. The molecule has 0 aliphatic heterocycles. The topological polar surface area (TPSA) is 69.6 Å². The fourth-order valence-electron chi connectivity index (χ4n) is 1.78. The number of carboxylic acids is 1. The molecule has 0 saturated heterocycles. The Labute approximate surface area is 118 Å². The number of urea groups is 1. The minimum atomic E-state index is -0.988. The summed E-state index contributed by atoms with van der Waals surface area (Å²) >= 11 is 0. The minimum absolute atomic E-state index is 0.137. The predicted molar refractivity (Wildman–Crippen MR) is 79.6 cm³/mol. The van der Waals surface area contributed by atoms with Crippen LogP contribution in [0.1, 0.15) is 26.3 Å². The SMILES string of the molecule is CCN(C(=O)Nc1ccc(C=CC(=O)O)cc1)C(C)C. The molecule has 0 unspecified atom stereocenters. The van der Waals surface area contributed by atoms with Crippen LogP contribution in [0.25, 0.3) is 6.08 Å². The molecule has 1 aromatic rings. The number of carboxylic acid groups (broad SMARTS) is 1. The number of carbonyl (C=O) groups excluding carboxylic acids is 1. The molecule has 0 bridgehead atoms. The first-order valence-corrected chi connectivity index (χ1v) is 6.52. The van der Waals surface area contributed by atoms with Crippen LogP contribution in [0.15, 0.2) is 30.3 Å². The zero-order chi connectivity index (χ0) is 15.1. The molecule has 0 aromatic heterocycles. The van der Waals surface area contributed by atoms with Gasteiger partial charge in [0, 0.05) is 24.4 Å². The summed E-state index contributed by atoms with van der Waals surface area (Å²) in [4.78, 5) is 24.1. The van der Waals surface area contributed by atoms with Crippen LogP contribution in [-0.2, 0) is 4.79 Å². The highest BCUT2D eigenvalue weighted by molar-refractivity contribution is 5.90. The van der Waals surface area contributed by atoms with Crippen molar-refractivity contribution in [2.75, 3.05) is 11.9 Å². The van der Waals surface area contributed by atoms with Crippen LogP contribution in [0.4, 0.5) is 10.5 Å². The summed E-state index contributed by atoms with van der Waals surface area (Å²) in [5.74, 6) is -0.988. The van der Waals surface area contributed by atoms with E-state index in [0.29, 0.717) is 12.2 Å². The highest BCUT2D eigenvalue weighted by Gasteiger charge is 2.14. The largest absolute Gasteiger partial charge is 0.478 e. The van der Waals surface area contributed by atoms with E-state index in [0.717, 1.165) is 11.6 Å². The molecule has 5 nitrogen and oxygen atoms in total. The van der Waals surface area contributed by atoms with Gasteiger partial charge in [-0.1, -0.05) is 12.1 Å². The molecule has 0 saturated carbocycles. The van der Waals surface area contributed by atoms with E-state index in [1.165, 1.54) is 6.08 Å². The first-order valence-electron chi connectivity index (χ1n) is 6.52. The fourth-order valence-corrected chi connectivity index (χ4v) is 1.78. The second-order valence-corrected chi connectivity index (χ2v) is 4.60. The first-order chi connectivity index (χ1) is 9.43. The lowest BCUT2D eigenvalue weighted by Gasteiger charge is -2.25. The third-order valence-electron chi connectivity index (χ3n) is 2.81. The smallest absolute Gasteiger partial charge is 0.328 e. The van der Waals surface area contributed by atoms with Gasteiger partial charge in [-0.3, -0.25) is 0 Å². The Hall–Kier alpha value is -2.30. The van der Waals surface area contributed by atoms with Gasteiger partial charge < -0.3 is 15.3 Å². The van der Waals surface area contributed by atoms with Gasteiger partial charge in [0.1, 0.15) is 0 Å². The van der Waals surface area contributed by atoms with E-state index < -0.39 is 5.97 Å². The Balaban J connectivity index is 2.70.